The van der Waals surface area contributed by atoms with Crippen LogP contribution < -0.4 is 0 Å². The van der Waals surface area contributed by atoms with Gasteiger partial charge in [0.15, 0.2) is 0 Å². The van der Waals surface area contributed by atoms with E-state index in [0.29, 0.717) is 23.6 Å². The van der Waals surface area contributed by atoms with Crippen molar-refractivity contribution in [3.05, 3.63) is 40.8 Å². The van der Waals surface area contributed by atoms with E-state index < -0.39 is 0 Å². The summed E-state index contributed by atoms with van der Waals surface area (Å²) in [6.45, 7) is 5.01. The highest BCUT2D eigenvalue weighted by Gasteiger charge is 2.34. The molecule has 0 N–H and O–H groups in total. The van der Waals surface area contributed by atoms with Gasteiger partial charge in [0.1, 0.15) is 11.3 Å². The summed E-state index contributed by atoms with van der Waals surface area (Å²) in [6.07, 6.45) is 5.40. The summed E-state index contributed by atoms with van der Waals surface area (Å²) in [5.74, 6) is 0.532. The largest absolute Gasteiger partial charge is 0.361 e. The Morgan fingerprint density at radius 2 is 2.17 bits per heavy atom. The molecule has 0 spiro atoms. The minimum absolute atomic E-state index is 0.0337. The molecule has 128 valence electrons. The molecule has 0 bridgehead atoms. The predicted octanol–water partition coefficient (Wildman–Crippen LogP) is 2.12. The molecule has 1 aliphatic heterocycles. The summed E-state index contributed by atoms with van der Waals surface area (Å²) in [5, 5.41) is 3.90. The number of likely N-dealkylation sites (tertiary alicyclic amines) is 1. The zero-order valence-electron chi connectivity index (χ0n) is 14.6. The molecule has 1 amide bonds. The summed E-state index contributed by atoms with van der Waals surface area (Å²) in [7, 11) is 3.99. The number of nitrogens with zero attached hydrogens (tertiary/aromatic N) is 5. The van der Waals surface area contributed by atoms with Gasteiger partial charge in [0.2, 0.25) is 0 Å². The highest BCUT2D eigenvalue weighted by molar-refractivity contribution is 5.96. The first-order chi connectivity index (χ1) is 11.5. The van der Waals surface area contributed by atoms with Crippen LogP contribution in [0.15, 0.2) is 16.9 Å². The van der Waals surface area contributed by atoms with Crippen LogP contribution in [-0.2, 0) is 6.54 Å². The molecule has 1 aliphatic rings. The normalized spacial score (nSPS) is 17.7. The first-order valence-corrected chi connectivity index (χ1v) is 8.16. The number of carbonyl (C=O) groups excluding carboxylic acids is 1. The van der Waals surface area contributed by atoms with Gasteiger partial charge in [-0.25, -0.2) is 0 Å². The van der Waals surface area contributed by atoms with E-state index in [1.54, 1.807) is 26.2 Å². The third-order valence-electron chi connectivity index (χ3n) is 4.28. The summed E-state index contributed by atoms with van der Waals surface area (Å²) in [6, 6.07) is -0.0409. The molecule has 2 aromatic rings. The Hall–Kier alpha value is -2.28. The highest BCUT2D eigenvalue weighted by atomic mass is 16.5. The molecule has 1 atom stereocenters. The van der Waals surface area contributed by atoms with Gasteiger partial charge in [-0.3, -0.25) is 14.8 Å². The number of aryl methyl sites for hydroxylation is 2. The summed E-state index contributed by atoms with van der Waals surface area (Å²) in [4.78, 5) is 25.9. The molecule has 0 aliphatic carbocycles. The lowest BCUT2D eigenvalue weighted by Gasteiger charge is -2.24. The monoisotopic (exact) mass is 329 g/mol. The highest BCUT2D eigenvalue weighted by Crippen LogP contribution is 2.33. The lowest BCUT2D eigenvalue weighted by atomic mass is 10.1. The molecule has 0 radical (unpaired) electrons. The molecule has 0 aromatic carbocycles. The average Bonchev–Trinajstić information content (AvgIpc) is 3.13. The van der Waals surface area contributed by atoms with Crippen LogP contribution in [0.1, 0.15) is 52.1 Å². The second-order valence-corrected chi connectivity index (χ2v) is 6.53. The van der Waals surface area contributed by atoms with Gasteiger partial charge in [0.05, 0.1) is 29.3 Å². The van der Waals surface area contributed by atoms with Crippen LogP contribution in [0.2, 0.25) is 0 Å². The fraction of sp³-hybridized carbons (Fsp3) is 0.529. The third kappa shape index (κ3) is 3.17. The van der Waals surface area contributed by atoms with E-state index in [1.807, 2.05) is 19.0 Å². The van der Waals surface area contributed by atoms with Gasteiger partial charge in [-0.2, -0.15) is 0 Å². The van der Waals surface area contributed by atoms with Crippen LogP contribution in [0.5, 0.6) is 0 Å². The molecular formula is C17H23N5O2. The van der Waals surface area contributed by atoms with Gasteiger partial charge in [0, 0.05) is 19.3 Å². The van der Waals surface area contributed by atoms with Crippen molar-refractivity contribution in [1.29, 1.82) is 0 Å². The van der Waals surface area contributed by atoms with Crippen LogP contribution >= 0.6 is 0 Å². The molecule has 3 heterocycles. The van der Waals surface area contributed by atoms with E-state index in [1.165, 1.54) is 0 Å². The molecule has 2 aromatic heterocycles. The van der Waals surface area contributed by atoms with Gasteiger partial charge in [-0.1, -0.05) is 5.16 Å². The molecule has 0 saturated carbocycles. The Bertz CT molecular complexity index is 721. The Balaban J connectivity index is 1.87. The zero-order valence-corrected chi connectivity index (χ0v) is 14.6. The van der Waals surface area contributed by atoms with Crippen LogP contribution in [0, 0.1) is 13.8 Å². The molecular weight excluding hydrogens is 306 g/mol. The molecule has 24 heavy (non-hydrogen) atoms. The zero-order chi connectivity index (χ0) is 17.3. The fourth-order valence-corrected chi connectivity index (χ4v) is 3.23. The van der Waals surface area contributed by atoms with Crippen LogP contribution in [-0.4, -0.2) is 51.5 Å². The number of hydrogen-bond acceptors (Lipinski definition) is 6. The smallest absolute Gasteiger partial charge is 0.259 e. The fourth-order valence-electron chi connectivity index (χ4n) is 3.23. The predicted molar refractivity (Wildman–Crippen MR) is 88.4 cm³/mol. The number of aromatic nitrogens is 3. The van der Waals surface area contributed by atoms with Gasteiger partial charge in [-0.15, -0.1) is 0 Å². The Morgan fingerprint density at radius 1 is 1.38 bits per heavy atom. The van der Waals surface area contributed by atoms with Crippen molar-refractivity contribution in [3.8, 4) is 0 Å². The van der Waals surface area contributed by atoms with Crippen LogP contribution in [0.4, 0.5) is 0 Å². The van der Waals surface area contributed by atoms with Crippen LogP contribution in [0.3, 0.4) is 0 Å². The molecule has 7 nitrogen and oxygen atoms in total. The van der Waals surface area contributed by atoms with E-state index in [-0.39, 0.29) is 11.9 Å². The lowest BCUT2D eigenvalue weighted by Crippen LogP contribution is -2.32. The van der Waals surface area contributed by atoms with E-state index in [4.69, 9.17) is 9.51 Å². The topological polar surface area (TPSA) is 75.4 Å². The maximum Gasteiger partial charge on any atom is 0.259 e. The van der Waals surface area contributed by atoms with Gasteiger partial charge < -0.3 is 14.3 Å². The number of carbonyl (C=O) groups is 1. The molecule has 7 heteroatoms. The third-order valence-corrected chi connectivity index (χ3v) is 4.28. The molecule has 1 saturated heterocycles. The van der Waals surface area contributed by atoms with Gasteiger partial charge in [0.25, 0.3) is 5.91 Å². The SMILES string of the molecule is Cc1noc(C)c1C(=O)N1CCCC1c1cncc(CN(C)C)n1. The summed E-state index contributed by atoms with van der Waals surface area (Å²) in [5.41, 5.74) is 2.97. The second-order valence-electron chi connectivity index (χ2n) is 6.53. The van der Waals surface area contributed by atoms with Crippen molar-refractivity contribution in [1.82, 2.24) is 24.9 Å². The Kier molecular flexibility index (Phi) is 4.62. The molecule has 1 unspecified atom stereocenters. The van der Waals surface area contributed by atoms with Crippen molar-refractivity contribution in [2.24, 2.45) is 0 Å². The van der Waals surface area contributed by atoms with Crippen molar-refractivity contribution in [3.63, 3.8) is 0 Å². The number of rotatable bonds is 4. The second kappa shape index (κ2) is 6.68. The maximum absolute atomic E-state index is 13.0. The minimum Gasteiger partial charge on any atom is -0.361 e. The molecule has 3 rings (SSSR count). The van der Waals surface area contributed by atoms with E-state index >= 15 is 0 Å². The van der Waals surface area contributed by atoms with E-state index in [2.05, 4.69) is 15.0 Å². The number of hydrogen-bond donors (Lipinski definition) is 0. The Morgan fingerprint density at radius 3 is 2.83 bits per heavy atom. The van der Waals surface area contributed by atoms with Crippen LogP contribution in [0.25, 0.3) is 0 Å². The number of amides is 1. The van der Waals surface area contributed by atoms with Crippen molar-refractivity contribution in [2.75, 3.05) is 20.6 Å². The minimum atomic E-state index is -0.0409. The first-order valence-electron chi connectivity index (χ1n) is 8.16. The first kappa shape index (κ1) is 16.6. The standard InChI is InChI=1S/C17H23N5O2/c1-11-16(12(2)24-20-11)17(23)22-7-5-6-15(22)14-9-18-8-13(19-14)10-21(3)4/h8-9,15H,5-7,10H2,1-4H3. The van der Waals surface area contributed by atoms with Crippen molar-refractivity contribution in [2.45, 2.75) is 39.3 Å². The quantitative estimate of drug-likeness (QED) is 0.855. The average molecular weight is 329 g/mol. The maximum atomic E-state index is 13.0. The summed E-state index contributed by atoms with van der Waals surface area (Å²) >= 11 is 0. The van der Waals surface area contributed by atoms with E-state index in [9.17, 15) is 4.79 Å². The Labute approximate surface area is 141 Å². The van der Waals surface area contributed by atoms with Gasteiger partial charge in [-0.05, 0) is 40.8 Å². The van der Waals surface area contributed by atoms with Crippen molar-refractivity contribution >= 4 is 5.91 Å². The van der Waals surface area contributed by atoms with E-state index in [0.717, 1.165) is 30.8 Å². The lowest BCUT2D eigenvalue weighted by molar-refractivity contribution is 0.0730. The van der Waals surface area contributed by atoms with Crippen molar-refractivity contribution < 1.29 is 9.32 Å². The molecule has 1 fully saturated rings. The summed E-state index contributed by atoms with van der Waals surface area (Å²) < 4.78 is 5.15. The van der Waals surface area contributed by atoms with Gasteiger partial charge >= 0.3 is 0 Å².